The Morgan fingerprint density at radius 3 is 2.84 bits per heavy atom. The number of nitrogens with one attached hydrogen (secondary N) is 1. The van der Waals surface area contributed by atoms with Gasteiger partial charge in [0.2, 0.25) is 5.95 Å². The molecule has 6 nitrogen and oxygen atoms in total. The first-order chi connectivity index (χ1) is 12.0. The van der Waals surface area contributed by atoms with Crippen LogP contribution in [0.1, 0.15) is 22.0 Å². The second-order valence-corrected chi connectivity index (χ2v) is 5.11. The van der Waals surface area contributed by atoms with E-state index >= 15 is 0 Å². The van der Waals surface area contributed by atoms with Crippen molar-refractivity contribution in [3.63, 3.8) is 0 Å². The molecule has 3 aromatic rings. The standard InChI is InChI=1S/C17H13F2N3O3/c1-10-6-7-20-17(21-10)22-16(23)15-5-3-12(25-15)9-24-14-4-2-11(18)8-13(14)19/h2-8H,9H2,1H3,(H,20,21,22,23). The fourth-order valence-electron chi connectivity index (χ4n) is 1.99. The van der Waals surface area contributed by atoms with Gasteiger partial charge >= 0.3 is 0 Å². The van der Waals surface area contributed by atoms with Crippen LogP contribution < -0.4 is 10.1 Å². The second kappa shape index (κ2) is 7.08. The van der Waals surface area contributed by atoms with E-state index in [1.807, 2.05) is 0 Å². The molecule has 0 aliphatic carbocycles. The third kappa shape index (κ3) is 4.17. The van der Waals surface area contributed by atoms with Gasteiger partial charge in [0.15, 0.2) is 17.3 Å². The fraction of sp³-hybridized carbons (Fsp3) is 0.118. The number of aromatic nitrogens is 2. The van der Waals surface area contributed by atoms with Crippen LogP contribution >= 0.6 is 0 Å². The molecule has 128 valence electrons. The number of carbonyl (C=O) groups excluding carboxylic acids is 1. The van der Waals surface area contributed by atoms with Crippen molar-refractivity contribution < 1.29 is 22.7 Å². The largest absolute Gasteiger partial charge is 0.483 e. The van der Waals surface area contributed by atoms with E-state index in [1.54, 1.807) is 13.0 Å². The number of aryl methyl sites for hydroxylation is 1. The number of amides is 1. The molecule has 0 fully saturated rings. The lowest BCUT2D eigenvalue weighted by molar-refractivity contribution is 0.0991. The number of nitrogens with zero attached hydrogens (tertiary/aromatic N) is 2. The normalized spacial score (nSPS) is 10.5. The van der Waals surface area contributed by atoms with Crippen molar-refractivity contribution in [1.82, 2.24) is 9.97 Å². The summed E-state index contributed by atoms with van der Waals surface area (Å²) in [7, 11) is 0. The summed E-state index contributed by atoms with van der Waals surface area (Å²) in [4.78, 5) is 20.1. The molecule has 2 heterocycles. The van der Waals surface area contributed by atoms with Crippen LogP contribution in [-0.2, 0) is 6.61 Å². The van der Waals surface area contributed by atoms with Gasteiger partial charge in [-0.1, -0.05) is 0 Å². The number of benzene rings is 1. The topological polar surface area (TPSA) is 77.2 Å². The molecule has 0 atom stereocenters. The van der Waals surface area contributed by atoms with Gasteiger partial charge in [0, 0.05) is 18.0 Å². The molecule has 0 spiro atoms. The molecule has 25 heavy (non-hydrogen) atoms. The second-order valence-electron chi connectivity index (χ2n) is 5.11. The molecular formula is C17H13F2N3O3. The zero-order valence-corrected chi connectivity index (χ0v) is 13.1. The molecule has 0 saturated heterocycles. The van der Waals surface area contributed by atoms with Crippen LogP contribution in [0.25, 0.3) is 0 Å². The van der Waals surface area contributed by atoms with Gasteiger partial charge in [0.05, 0.1) is 0 Å². The number of anilines is 1. The van der Waals surface area contributed by atoms with Crippen LogP contribution in [-0.4, -0.2) is 15.9 Å². The third-order valence-electron chi connectivity index (χ3n) is 3.17. The van der Waals surface area contributed by atoms with E-state index in [9.17, 15) is 13.6 Å². The summed E-state index contributed by atoms with van der Waals surface area (Å²) in [6, 6.07) is 7.65. The minimum absolute atomic E-state index is 0.0308. The molecule has 0 aliphatic heterocycles. The zero-order chi connectivity index (χ0) is 17.8. The Balaban J connectivity index is 1.62. The predicted molar refractivity (Wildman–Crippen MR) is 84.1 cm³/mol. The van der Waals surface area contributed by atoms with Gasteiger partial charge in [-0.3, -0.25) is 10.1 Å². The maximum atomic E-state index is 13.5. The molecule has 8 heteroatoms. The molecule has 1 aromatic carbocycles. The van der Waals surface area contributed by atoms with Crippen molar-refractivity contribution in [3.05, 3.63) is 71.4 Å². The van der Waals surface area contributed by atoms with Crippen molar-refractivity contribution >= 4 is 11.9 Å². The van der Waals surface area contributed by atoms with Gasteiger partial charge in [-0.15, -0.1) is 0 Å². The first-order valence-electron chi connectivity index (χ1n) is 7.29. The summed E-state index contributed by atoms with van der Waals surface area (Å²) in [5.41, 5.74) is 0.708. The van der Waals surface area contributed by atoms with E-state index in [2.05, 4.69) is 15.3 Å². The van der Waals surface area contributed by atoms with Gasteiger partial charge in [-0.25, -0.2) is 18.7 Å². The van der Waals surface area contributed by atoms with Gasteiger partial charge < -0.3 is 9.15 Å². The van der Waals surface area contributed by atoms with Crippen molar-refractivity contribution in [2.45, 2.75) is 13.5 Å². The van der Waals surface area contributed by atoms with E-state index in [0.717, 1.165) is 12.1 Å². The van der Waals surface area contributed by atoms with Crippen LogP contribution in [0, 0.1) is 18.6 Å². The molecule has 0 radical (unpaired) electrons. The van der Waals surface area contributed by atoms with Crippen LogP contribution in [0.5, 0.6) is 5.75 Å². The number of furan rings is 1. The monoisotopic (exact) mass is 345 g/mol. The highest BCUT2D eigenvalue weighted by atomic mass is 19.1. The highest BCUT2D eigenvalue weighted by molar-refractivity contribution is 6.01. The van der Waals surface area contributed by atoms with Crippen LogP contribution in [0.3, 0.4) is 0 Å². The first-order valence-corrected chi connectivity index (χ1v) is 7.29. The molecule has 3 rings (SSSR count). The molecule has 0 aliphatic rings. The summed E-state index contributed by atoms with van der Waals surface area (Å²) < 4.78 is 36.9. The van der Waals surface area contributed by atoms with Crippen LogP contribution in [0.15, 0.2) is 47.0 Å². The average Bonchev–Trinajstić information content (AvgIpc) is 3.03. The average molecular weight is 345 g/mol. The lowest BCUT2D eigenvalue weighted by atomic mass is 10.3. The summed E-state index contributed by atoms with van der Waals surface area (Å²) in [5, 5.41) is 2.50. The quantitative estimate of drug-likeness (QED) is 0.766. The summed E-state index contributed by atoms with van der Waals surface area (Å²) in [5.74, 6) is -1.65. The summed E-state index contributed by atoms with van der Waals surface area (Å²) >= 11 is 0. The Hall–Kier alpha value is -3.29. The van der Waals surface area contributed by atoms with Gasteiger partial charge in [0.1, 0.15) is 18.2 Å². The highest BCUT2D eigenvalue weighted by Gasteiger charge is 2.14. The number of carbonyl (C=O) groups is 1. The van der Waals surface area contributed by atoms with E-state index in [4.69, 9.17) is 9.15 Å². The number of rotatable bonds is 5. The molecule has 1 amide bonds. The minimum atomic E-state index is -0.818. The molecule has 1 N–H and O–H groups in total. The lowest BCUT2D eigenvalue weighted by Crippen LogP contribution is -2.13. The summed E-state index contributed by atoms with van der Waals surface area (Å²) in [6.45, 7) is 1.66. The SMILES string of the molecule is Cc1ccnc(NC(=O)c2ccc(COc3ccc(F)cc3F)o2)n1. The fourth-order valence-corrected chi connectivity index (χ4v) is 1.99. The lowest BCUT2D eigenvalue weighted by Gasteiger charge is -2.05. The van der Waals surface area contributed by atoms with Crippen molar-refractivity contribution in [2.24, 2.45) is 0 Å². The smallest absolute Gasteiger partial charge is 0.293 e. The van der Waals surface area contributed by atoms with Crippen molar-refractivity contribution in [2.75, 3.05) is 5.32 Å². The van der Waals surface area contributed by atoms with E-state index < -0.39 is 17.5 Å². The van der Waals surface area contributed by atoms with Crippen molar-refractivity contribution in [3.8, 4) is 5.75 Å². The van der Waals surface area contributed by atoms with Crippen LogP contribution in [0.4, 0.5) is 14.7 Å². The molecular weight excluding hydrogens is 332 g/mol. The zero-order valence-electron chi connectivity index (χ0n) is 13.1. The number of hydrogen-bond donors (Lipinski definition) is 1. The highest BCUT2D eigenvalue weighted by Crippen LogP contribution is 2.20. The van der Waals surface area contributed by atoms with E-state index in [0.29, 0.717) is 11.5 Å². The third-order valence-corrected chi connectivity index (χ3v) is 3.17. The van der Waals surface area contributed by atoms with E-state index in [-0.39, 0.29) is 24.1 Å². The number of ether oxygens (including phenoxy) is 1. The van der Waals surface area contributed by atoms with Crippen molar-refractivity contribution in [1.29, 1.82) is 0 Å². The van der Waals surface area contributed by atoms with Gasteiger partial charge in [-0.2, -0.15) is 0 Å². The van der Waals surface area contributed by atoms with E-state index in [1.165, 1.54) is 24.4 Å². The Kier molecular flexibility index (Phi) is 4.69. The summed E-state index contributed by atoms with van der Waals surface area (Å²) in [6.07, 6.45) is 1.52. The Morgan fingerprint density at radius 1 is 1.24 bits per heavy atom. The molecule has 0 unspecified atom stereocenters. The molecule has 0 saturated carbocycles. The predicted octanol–water partition coefficient (Wildman–Crippen LogP) is 3.49. The first kappa shape index (κ1) is 16.6. The minimum Gasteiger partial charge on any atom is -0.483 e. The number of halogens is 2. The van der Waals surface area contributed by atoms with Crippen LogP contribution in [0.2, 0.25) is 0 Å². The van der Waals surface area contributed by atoms with Gasteiger partial charge in [-0.05, 0) is 37.3 Å². The Bertz CT molecular complexity index is 912. The van der Waals surface area contributed by atoms with Gasteiger partial charge in [0.25, 0.3) is 5.91 Å². The molecule has 2 aromatic heterocycles. The Morgan fingerprint density at radius 2 is 2.08 bits per heavy atom. The maximum Gasteiger partial charge on any atom is 0.293 e. The molecule has 0 bridgehead atoms. The maximum absolute atomic E-state index is 13.5. The Labute approximate surface area is 141 Å². The number of hydrogen-bond acceptors (Lipinski definition) is 5.